The van der Waals surface area contributed by atoms with E-state index >= 15 is 0 Å². The Morgan fingerprint density at radius 3 is 2.94 bits per heavy atom. The highest BCUT2D eigenvalue weighted by Crippen LogP contribution is 2.21. The van der Waals surface area contributed by atoms with Crippen LogP contribution in [0.1, 0.15) is 11.3 Å². The minimum Gasteiger partial charge on any atom is -0.358 e. The van der Waals surface area contributed by atoms with E-state index in [4.69, 9.17) is 0 Å². The molecule has 3 rings (SSSR count). The van der Waals surface area contributed by atoms with Gasteiger partial charge in [0.05, 0.1) is 0 Å². The van der Waals surface area contributed by atoms with Crippen LogP contribution >= 0.6 is 15.9 Å². The highest BCUT2D eigenvalue weighted by molar-refractivity contribution is 9.10. The van der Waals surface area contributed by atoms with Crippen LogP contribution in [0.25, 0.3) is 10.9 Å². The van der Waals surface area contributed by atoms with Gasteiger partial charge in [-0.15, -0.1) is 0 Å². The zero-order chi connectivity index (χ0) is 11.7. The Morgan fingerprint density at radius 1 is 1.18 bits per heavy atom. The molecule has 2 nitrogen and oxygen atoms in total. The molecular formula is C14H11BrN2. The van der Waals surface area contributed by atoms with E-state index in [0.717, 1.165) is 10.9 Å². The zero-order valence-corrected chi connectivity index (χ0v) is 10.7. The van der Waals surface area contributed by atoms with Crippen molar-refractivity contribution in [2.45, 2.75) is 6.42 Å². The molecule has 1 N–H and O–H groups in total. The fraction of sp³-hybridized carbons (Fsp3) is 0.0714. The van der Waals surface area contributed by atoms with Crippen molar-refractivity contribution < 1.29 is 0 Å². The van der Waals surface area contributed by atoms with Crippen molar-refractivity contribution in [3.8, 4) is 0 Å². The quantitative estimate of drug-likeness (QED) is 0.760. The molecule has 0 amide bonds. The second kappa shape index (κ2) is 4.34. The second-order valence-electron chi connectivity index (χ2n) is 4.06. The molecule has 0 aliphatic carbocycles. The third-order valence-electron chi connectivity index (χ3n) is 2.76. The number of benzene rings is 1. The van der Waals surface area contributed by atoms with Crippen LogP contribution in [0.3, 0.4) is 0 Å². The molecule has 0 aliphatic heterocycles. The Balaban J connectivity index is 1.96. The van der Waals surface area contributed by atoms with Crippen molar-refractivity contribution in [2.75, 3.05) is 0 Å². The molecule has 0 unspecified atom stereocenters. The number of hydrogen-bond acceptors (Lipinski definition) is 1. The van der Waals surface area contributed by atoms with E-state index in [2.05, 4.69) is 56.2 Å². The van der Waals surface area contributed by atoms with E-state index in [0.29, 0.717) is 0 Å². The number of H-pyrrole nitrogens is 1. The average Bonchev–Trinajstić information content (AvgIpc) is 2.71. The number of aromatic nitrogens is 2. The number of fused-ring (bicyclic) bond motifs is 1. The summed E-state index contributed by atoms with van der Waals surface area (Å²) < 4.78 is 1.10. The highest BCUT2D eigenvalue weighted by Gasteiger charge is 2.02. The molecule has 0 radical (unpaired) electrons. The van der Waals surface area contributed by atoms with Crippen LogP contribution in [0, 0.1) is 0 Å². The molecule has 2 heterocycles. The van der Waals surface area contributed by atoms with Gasteiger partial charge in [-0.05, 0) is 35.2 Å². The highest BCUT2D eigenvalue weighted by atomic mass is 79.9. The number of halogens is 1. The summed E-state index contributed by atoms with van der Waals surface area (Å²) in [7, 11) is 0. The van der Waals surface area contributed by atoms with Crippen molar-refractivity contribution in [3.63, 3.8) is 0 Å². The van der Waals surface area contributed by atoms with Crippen LogP contribution in [0.5, 0.6) is 0 Å². The van der Waals surface area contributed by atoms with Gasteiger partial charge in [-0.1, -0.05) is 28.1 Å². The molecule has 0 saturated heterocycles. The monoisotopic (exact) mass is 286 g/mol. The summed E-state index contributed by atoms with van der Waals surface area (Å²) in [6.07, 6.45) is 4.59. The number of nitrogens with one attached hydrogen (secondary N) is 1. The molecule has 0 saturated carbocycles. The second-order valence-corrected chi connectivity index (χ2v) is 4.98. The molecule has 2 aromatic heterocycles. The normalized spacial score (nSPS) is 10.9. The average molecular weight is 287 g/mol. The molecular weight excluding hydrogens is 276 g/mol. The molecule has 1 aromatic carbocycles. The lowest BCUT2D eigenvalue weighted by Gasteiger charge is -1.96. The number of hydrogen-bond donors (Lipinski definition) is 1. The third-order valence-corrected chi connectivity index (χ3v) is 3.25. The van der Waals surface area contributed by atoms with Gasteiger partial charge in [0.2, 0.25) is 0 Å². The maximum Gasteiger partial charge on any atom is 0.0467 e. The van der Waals surface area contributed by atoms with Crippen molar-refractivity contribution in [1.82, 2.24) is 9.97 Å². The summed E-state index contributed by atoms with van der Waals surface area (Å²) >= 11 is 3.48. The standard InChI is InChI=1S/C14H11BrN2/c15-12-4-3-11-7-13(17-14(11)8-12)6-10-2-1-5-16-9-10/h1-5,7-9,17H,6H2. The van der Waals surface area contributed by atoms with Gasteiger partial charge in [0, 0.05) is 34.5 Å². The van der Waals surface area contributed by atoms with Crippen LogP contribution in [0.4, 0.5) is 0 Å². The number of pyridine rings is 1. The van der Waals surface area contributed by atoms with Gasteiger partial charge in [0.15, 0.2) is 0 Å². The van der Waals surface area contributed by atoms with Crippen molar-refractivity contribution >= 4 is 26.8 Å². The first-order valence-corrected chi connectivity index (χ1v) is 6.26. The van der Waals surface area contributed by atoms with E-state index in [9.17, 15) is 0 Å². The molecule has 3 heteroatoms. The molecule has 17 heavy (non-hydrogen) atoms. The molecule has 0 fully saturated rings. The summed E-state index contributed by atoms with van der Waals surface area (Å²) in [6, 6.07) is 12.5. The number of rotatable bonds is 2. The van der Waals surface area contributed by atoms with Crippen LogP contribution in [-0.2, 0) is 6.42 Å². The van der Waals surface area contributed by atoms with E-state index in [1.165, 1.54) is 22.2 Å². The van der Waals surface area contributed by atoms with Crippen LogP contribution < -0.4 is 0 Å². The third kappa shape index (κ3) is 2.24. The minimum absolute atomic E-state index is 0.889. The number of aromatic amines is 1. The predicted molar refractivity (Wildman–Crippen MR) is 73.0 cm³/mol. The zero-order valence-electron chi connectivity index (χ0n) is 9.15. The summed E-state index contributed by atoms with van der Waals surface area (Å²) in [5.74, 6) is 0. The van der Waals surface area contributed by atoms with E-state index in [1.54, 1.807) is 6.20 Å². The van der Waals surface area contributed by atoms with Crippen LogP contribution in [0.15, 0.2) is 53.3 Å². The Labute approximate surface area is 108 Å². The van der Waals surface area contributed by atoms with E-state index < -0.39 is 0 Å². The molecule has 0 atom stereocenters. The maximum absolute atomic E-state index is 4.13. The minimum atomic E-state index is 0.889. The molecule has 0 spiro atoms. The van der Waals surface area contributed by atoms with E-state index in [-0.39, 0.29) is 0 Å². The smallest absolute Gasteiger partial charge is 0.0467 e. The van der Waals surface area contributed by atoms with Crippen molar-refractivity contribution in [3.05, 3.63) is 64.5 Å². The first kappa shape index (κ1) is 10.5. The predicted octanol–water partition coefficient (Wildman–Crippen LogP) is 3.92. The van der Waals surface area contributed by atoms with Crippen LogP contribution in [-0.4, -0.2) is 9.97 Å². The first-order valence-electron chi connectivity index (χ1n) is 5.47. The Hall–Kier alpha value is -1.61. The summed E-state index contributed by atoms with van der Waals surface area (Å²) in [4.78, 5) is 7.55. The van der Waals surface area contributed by atoms with Gasteiger partial charge in [0.1, 0.15) is 0 Å². The van der Waals surface area contributed by atoms with E-state index in [1.807, 2.05) is 12.3 Å². The summed E-state index contributed by atoms with van der Waals surface area (Å²) in [5.41, 5.74) is 3.60. The van der Waals surface area contributed by atoms with Crippen LogP contribution in [0.2, 0.25) is 0 Å². The van der Waals surface area contributed by atoms with Gasteiger partial charge in [0.25, 0.3) is 0 Å². The van der Waals surface area contributed by atoms with Gasteiger partial charge in [-0.25, -0.2) is 0 Å². The lowest BCUT2D eigenvalue weighted by molar-refractivity contribution is 1.09. The molecule has 0 bridgehead atoms. The summed E-state index contributed by atoms with van der Waals surface area (Å²) in [6.45, 7) is 0. The largest absolute Gasteiger partial charge is 0.358 e. The summed E-state index contributed by atoms with van der Waals surface area (Å²) in [5, 5.41) is 1.24. The van der Waals surface area contributed by atoms with Gasteiger partial charge in [-0.2, -0.15) is 0 Å². The fourth-order valence-electron chi connectivity index (χ4n) is 1.98. The molecule has 3 aromatic rings. The maximum atomic E-state index is 4.13. The van der Waals surface area contributed by atoms with Gasteiger partial charge >= 0.3 is 0 Å². The first-order chi connectivity index (χ1) is 8.31. The fourth-order valence-corrected chi connectivity index (χ4v) is 2.34. The Kier molecular flexibility index (Phi) is 2.69. The molecule has 84 valence electrons. The van der Waals surface area contributed by atoms with Crippen molar-refractivity contribution in [2.24, 2.45) is 0 Å². The lowest BCUT2D eigenvalue weighted by Crippen LogP contribution is -1.88. The lowest BCUT2D eigenvalue weighted by atomic mass is 10.1. The number of nitrogens with zero attached hydrogens (tertiary/aromatic N) is 1. The SMILES string of the molecule is Brc1ccc2cc(Cc3cccnc3)[nH]c2c1. The van der Waals surface area contributed by atoms with Crippen molar-refractivity contribution in [1.29, 1.82) is 0 Å². The topological polar surface area (TPSA) is 28.7 Å². The van der Waals surface area contributed by atoms with Gasteiger partial charge < -0.3 is 4.98 Å². The molecule has 0 aliphatic rings. The Morgan fingerprint density at radius 2 is 2.12 bits per heavy atom. The Bertz CT molecular complexity index is 644. The van der Waals surface area contributed by atoms with Gasteiger partial charge in [-0.3, -0.25) is 4.98 Å².